The van der Waals surface area contributed by atoms with Crippen molar-refractivity contribution in [2.24, 2.45) is 0 Å². The SMILES string of the molecule is CO[C@@H](C)c1c(NC(=O)Nc2cc(C(F)(F)F)cnc2OCCO)cnc2cc(Cl)nn12. The van der Waals surface area contributed by atoms with Crippen LogP contribution in [0, 0.1) is 0 Å². The number of halogens is 4. The van der Waals surface area contributed by atoms with E-state index >= 15 is 0 Å². The van der Waals surface area contributed by atoms with Crippen molar-refractivity contribution in [3.8, 4) is 5.88 Å². The molecule has 0 aliphatic rings. The van der Waals surface area contributed by atoms with E-state index in [0.29, 0.717) is 23.6 Å². The first-order valence-corrected chi connectivity index (χ1v) is 9.47. The quantitative estimate of drug-likeness (QED) is 0.478. The number of methoxy groups -OCH3 is 1. The van der Waals surface area contributed by atoms with E-state index in [1.807, 2.05) is 0 Å². The van der Waals surface area contributed by atoms with Crippen LogP contribution in [0.25, 0.3) is 5.65 Å². The number of hydrogen-bond donors (Lipinski definition) is 3. The molecule has 0 saturated carbocycles. The minimum Gasteiger partial charge on any atom is -0.474 e. The average molecular weight is 475 g/mol. The van der Waals surface area contributed by atoms with Crippen LogP contribution in [0.5, 0.6) is 5.88 Å². The van der Waals surface area contributed by atoms with Crippen LogP contribution in [-0.4, -0.2) is 51.0 Å². The Hall–Kier alpha value is -3.16. The van der Waals surface area contributed by atoms with Crippen molar-refractivity contribution in [2.45, 2.75) is 19.2 Å². The number of aromatic nitrogens is 4. The fourth-order valence-corrected chi connectivity index (χ4v) is 2.93. The van der Waals surface area contributed by atoms with Crippen LogP contribution in [-0.2, 0) is 10.9 Å². The number of alkyl halides is 3. The van der Waals surface area contributed by atoms with E-state index in [-0.39, 0.29) is 29.0 Å². The lowest BCUT2D eigenvalue weighted by Gasteiger charge is -2.18. The molecule has 0 radical (unpaired) electrons. The summed E-state index contributed by atoms with van der Waals surface area (Å²) in [6, 6.07) is 1.28. The van der Waals surface area contributed by atoms with E-state index < -0.39 is 30.5 Å². The molecule has 0 saturated heterocycles. The number of hydrogen-bond acceptors (Lipinski definition) is 7. The summed E-state index contributed by atoms with van der Waals surface area (Å²) >= 11 is 5.94. The third-order valence-electron chi connectivity index (χ3n) is 4.23. The van der Waals surface area contributed by atoms with Crippen molar-refractivity contribution in [3.05, 3.63) is 40.9 Å². The highest BCUT2D eigenvalue weighted by Gasteiger charge is 2.32. The van der Waals surface area contributed by atoms with Crippen LogP contribution in [0.3, 0.4) is 0 Å². The number of aliphatic hydroxyl groups is 1. The zero-order valence-electron chi connectivity index (χ0n) is 16.8. The molecule has 0 bridgehead atoms. The molecule has 0 aliphatic heterocycles. The Kier molecular flexibility index (Phi) is 7.01. The smallest absolute Gasteiger partial charge is 0.417 e. The van der Waals surface area contributed by atoms with Gasteiger partial charge in [0, 0.05) is 19.4 Å². The van der Waals surface area contributed by atoms with Crippen LogP contribution >= 0.6 is 11.6 Å². The summed E-state index contributed by atoms with van der Waals surface area (Å²) in [4.78, 5) is 20.3. The van der Waals surface area contributed by atoms with Gasteiger partial charge in [0.1, 0.15) is 12.3 Å². The van der Waals surface area contributed by atoms with Gasteiger partial charge in [-0.05, 0) is 13.0 Å². The number of pyridine rings is 1. The average Bonchev–Trinajstić information content (AvgIpc) is 3.11. The van der Waals surface area contributed by atoms with Gasteiger partial charge in [0.2, 0.25) is 5.88 Å². The molecule has 0 aromatic carbocycles. The fraction of sp³-hybridized carbons (Fsp3) is 0.333. The third kappa shape index (κ3) is 5.18. The van der Waals surface area contributed by atoms with E-state index in [2.05, 4.69) is 25.7 Å². The summed E-state index contributed by atoms with van der Waals surface area (Å²) in [5.74, 6) is -0.292. The maximum Gasteiger partial charge on any atom is 0.417 e. The molecule has 1 atom stereocenters. The van der Waals surface area contributed by atoms with Crippen molar-refractivity contribution in [2.75, 3.05) is 31.0 Å². The number of aliphatic hydroxyl groups excluding tert-OH is 1. The van der Waals surface area contributed by atoms with Crippen LogP contribution in [0.1, 0.15) is 24.3 Å². The third-order valence-corrected chi connectivity index (χ3v) is 4.42. The maximum absolute atomic E-state index is 13.1. The van der Waals surface area contributed by atoms with Gasteiger partial charge < -0.3 is 25.2 Å². The number of nitrogens with one attached hydrogen (secondary N) is 2. The van der Waals surface area contributed by atoms with Crippen molar-refractivity contribution in [1.82, 2.24) is 19.6 Å². The van der Waals surface area contributed by atoms with E-state index in [9.17, 15) is 18.0 Å². The molecule has 3 aromatic rings. The Morgan fingerprint density at radius 3 is 2.62 bits per heavy atom. The van der Waals surface area contributed by atoms with Crippen molar-refractivity contribution in [1.29, 1.82) is 0 Å². The van der Waals surface area contributed by atoms with Gasteiger partial charge in [0.05, 0.1) is 35.9 Å². The largest absolute Gasteiger partial charge is 0.474 e. The highest BCUT2D eigenvalue weighted by Crippen LogP contribution is 2.34. The molecule has 3 rings (SSSR count). The first-order chi connectivity index (χ1) is 15.1. The predicted octanol–water partition coefficient (Wildman–Crippen LogP) is 3.52. The highest BCUT2D eigenvalue weighted by molar-refractivity contribution is 6.29. The zero-order valence-corrected chi connectivity index (χ0v) is 17.5. The lowest BCUT2D eigenvalue weighted by atomic mass is 10.2. The van der Waals surface area contributed by atoms with E-state index in [4.69, 9.17) is 26.2 Å². The van der Waals surface area contributed by atoms with E-state index in [1.54, 1.807) is 6.92 Å². The number of carbonyl (C=O) groups is 1. The predicted molar refractivity (Wildman–Crippen MR) is 108 cm³/mol. The molecule has 0 unspecified atom stereocenters. The summed E-state index contributed by atoms with van der Waals surface area (Å²) in [7, 11) is 1.45. The molecule has 2 amide bonds. The van der Waals surface area contributed by atoms with Gasteiger partial charge in [-0.2, -0.15) is 18.3 Å². The summed E-state index contributed by atoms with van der Waals surface area (Å²) in [6.07, 6.45) is -3.34. The second-order valence-electron chi connectivity index (χ2n) is 6.40. The van der Waals surface area contributed by atoms with Gasteiger partial charge in [-0.15, -0.1) is 0 Å². The second kappa shape index (κ2) is 9.54. The number of anilines is 2. The molecule has 32 heavy (non-hydrogen) atoms. The lowest BCUT2D eigenvalue weighted by molar-refractivity contribution is -0.137. The fourth-order valence-electron chi connectivity index (χ4n) is 2.75. The Bertz CT molecular complexity index is 1120. The minimum atomic E-state index is -4.69. The highest BCUT2D eigenvalue weighted by atomic mass is 35.5. The summed E-state index contributed by atoms with van der Waals surface area (Å²) < 4.78 is 51.0. The van der Waals surface area contributed by atoms with Gasteiger partial charge in [-0.1, -0.05) is 11.6 Å². The number of carbonyl (C=O) groups excluding carboxylic acids is 1. The molecule has 3 N–H and O–H groups in total. The Labute approximate surface area is 184 Å². The molecule has 172 valence electrons. The zero-order chi connectivity index (χ0) is 23.5. The number of amides is 2. The minimum absolute atomic E-state index is 0.171. The van der Waals surface area contributed by atoms with Gasteiger partial charge >= 0.3 is 12.2 Å². The van der Waals surface area contributed by atoms with Crippen molar-refractivity contribution in [3.63, 3.8) is 0 Å². The number of urea groups is 1. The monoisotopic (exact) mass is 474 g/mol. The summed E-state index contributed by atoms with van der Waals surface area (Å²) in [6.45, 7) is 1.07. The number of ether oxygens (including phenoxy) is 2. The Morgan fingerprint density at radius 2 is 1.97 bits per heavy atom. The topological polar surface area (TPSA) is 123 Å². The molecule has 14 heteroatoms. The molecule has 0 aliphatic carbocycles. The van der Waals surface area contributed by atoms with Crippen LogP contribution in [0.15, 0.2) is 24.5 Å². The summed E-state index contributed by atoms with van der Waals surface area (Å²) in [5, 5.41) is 18.0. The standard InChI is InChI=1S/C18H18ClF3N6O4/c1-9(31-2)15-12(8-23-14-6-13(19)27-28(14)15)26-17(30)25-11-5-10(18(20,21)22)7-24-16(11)32-4-3-29/h5-9,29H,3-4H2,1-2H3,(H2,25,26,30)/t9-/m0/s1. The molecular weight excluding hydrogens is 457 g/mol. The van der Waals surface area contributed by atoms with E-state index in [0.717, 1.165) is 0 Å². The molecule has 10 nitrogen and oxygen atoms in total. The van der Waals surface area contributed by atoms with Gasteiger partial charge in [-0.3, -0.25) is 0 Å². The molecule has 0 spiro atoms. The number of rotatable bonds is 7. The molecular formula is C18H18ClF3N6O4. The van der Waals surface area contributed by atoms with Gasteiger partial charge in [-0.25, -0.2) is 19.3 Å². The maximum atomic E-state index is 13.1. The Balaban J connectivity index is 1.92. The molecule has 3 aromatic heterocycles. The Morgan fingerprint density at radius 1 is 1.25 bits per heavy atom. The van der Waals surface area contributed by atoms with Crippen LogP contribution < -0.4 is 15.4 Å². The number of nitrogens with zero attached hydrogens (tertiary/aromatic N) is 4. The van der Waals surface area contributed by atoms with Gasteiger partial charge in [0.15, 0.2) is 10.8 Å². The molecule has 0 fully saturated rings. The molecule has 3 heterocycles. The first-order valence-electron chi connectivity index (χ1n) is 9.10. The normalized spacial score (nSPS) is 12.6. The second-order valence-corrected chi connectivity index (χ2v) is 6.79. The van der Waals surface area contributed by atoms with E-state index in [1.165, 1.54) is 23.9 Å². The first kappa shape index (κ1) is 23.5. The van der Waals surface area contributed by atoms with Gasteiger partial charge in [0.25, 0.3) is 0 Å². The lowest BCUT2D eigenvalue weighted by Crippen LogP contribution is -2.23. The van der Waals surface area contributed by atoms with Crippen molar-refractivity contribution >= 4 is 34.7 Å². The number of fused-ring (bicyclic) bond motifs is 1. The van der Waals surface area contributed by atoms with Crippen LogP contribution in [0.4, 0.5) is 29.3 Å². The van der Waals surface area contributed by atoms with Crippen LogP contribution in [0.2, 0.25) is 5.15 Å². The van der Waals surface area contributed by atoms with Crippen molar-refractivity contribution < 1.29 is 32.5 Å². The summed E-state index contributed by atoms with van der Waals surface area (Å²) in [5.41, 5.74) is -0.447.